The average molecular weight is 642 g/mol. The molecule has 0 spiro atoms. The molecule has 1 unspecified atom stereocenters. The van der Waals surface area contributed by atoms with E-state index in [-0.39, 0.29) is 6.17 Å². The zero-order chi connectivity index (χ0) is 33.0. The molecule has 0 saturated carbocycles. The smallest absolute Gasteiger partial charge is 0.136 e. The number of aliphatic imine (C=N–C) groups is 2. The lowest BCUT2D eigenvalue weighted by Gasteiger charge is -2.32. The highest BCUT2D eigenvalue weighted by Gasteiger charge is 2.18. The van der Waals surface area contributed by atoms with Crippen LogP contribution in [0.3, 0.4) is 0 Å². The number of hydrogen-bond acceptors (Lipinski definition) is 3. The van der Waals surface area contributed by atoms with Crippen molar-refractivity contribution in [1.82, 2.24) is 4.57 Å². The van der Waals surface area contributed by atoms with Gasteiger partial charge in [-0.15, -0.1) is 0 Å². The second kappa shape index (κ2) is 11.5. The molecule has 0 fully saturated rings. The van der Waals surface area contributed by atoms with Crippen molar-refractivity contribution in [1.29, 1.82) is 0 Å². The third kappa shape index (κ3) is 4.63. The number of nitrogens with zero attached hydrogens (tertiary/aromatic N) is 4. The van der Waals surface area contributed by atoms with E-state index in [0.29, 0.717) is 11.7 Å². The first-order chi connectivity index (χ1) is 24.8. The van der Waals surface area contributed by atoms with Gasteiger partial charge in [-0.05, 0) is 64.7 Å². The lowest BCUT2D eigenvalue weighted by molar-refractivity contribution is 0.669. The maximum absolute atomic E-state index is 6.62. The number of para-hydroxylation sites is 3. The number of benzene rings is 7. The predicted octanol–water partition coefficient (Wildman–Crippen LogP) is 11.6. The molecule has 5 nitrogen and oxygen atoms in total. The molecule has 0 saturated heterocycles. The molecule has 1 aliphatic heterocycles. The van der Waals surface area contributed by atoms with Crippen LogP contribution in [0.1, 0.15) is 22.9 Å². The van der Waals surface area contributed by atoms with Crippen molar-refractivity contribution in [2.45, 2.75) is 6.17 Å². The standard InChI is InChI=1S/C45H29N4O/c1-4-13-29(14-5-1)43-46-44(30-15-6-2-7-16-30)48-45(47-43)32-24-26-37-36-25-23-31(27-40(36)50-41(37)28-32)34-20-12-21-38-35-19-10-11-22-39(35)49(42(34)38)33-17-8-3-9-18-33/h1-28,43H/q-1. The van der Waals surface area contributed by atoms with Crippen LogP contribution < -0.4 is 0 Å². The minimum atomic E-state index is -0.387. The van der Waals surface area contributed by atoms with Crippen molar-refractivity contribution < 1.29 is 4.42 Å². The fourth-order valence-corrected chi connectivity index (χ4v) is 7.24. The summed E-state index contributed by atoms with van der Waals surface area (Å²) in [7, 11) is 0. The van der Waals surface area contributed by atoms with Crippen LogP contribution in [0.2, 0.25) is 0 Å². The van der Waals surface area contributed by atoms with Crippen LogP contribution in [-0.4, -0.2) is 16.2 Å². The summed E-state index contributed by atoms with van der Waals surface area (Å²) in [5.41, 5.74) is 10.3. The number of fused-ring (bicyclic) bond motifs is 6. The summed E-state index contributed by atoms with van der Waals surface area (Å²) < 4.78 is 9.00. The molecule has 5 heteroatoms. The van der Waals surface area contributed by atoms with Crippen LogP contribution in [0.5, 0.6) is 0 Å². The van der Waals surface area contributed by atoms with Crippen molar-refractivity contribution in [3.8, 4) is 16.8 Å². The highest BCUT2D eigenvalue weighted by molar-refractivity contribution is 6.20. The van der Waals surface area contributed by atoms with Gasteiger partial charge in [0.15, 0.2) is 0 Å². The van der Waals surface area contributed by atoms with Gasteiger partial charge in [-0.25, -0.2) is 0 Å². The van der Waals surface area contributed by atoms with Gasteiger partial charge >= 0.3 is 0 Å². The molecule has 0 radical (unpaired) electrons. The normalized spacial score (nSPS) is 14.6. The van der Waals surface area contributed by atoms with Gasteiger partial charge in [-0.3, -0.25) is 4.99 Å². The third-order valence-electron chi connectivity index (χ3n) is 9.58. The van der Waals surface area contributed by atoms with Gasteiger partial charge in [0, 0.05) is 32.8 Å². The molecule has 0 aliphatic carbocycles. The monoisotopic (exact) mass is 641 g/mol. The molecule has 236 valence electrons. The van der Waals surface area contributed by atoms with E-state index in [4.69, 9.17) is 19.7 Å². The summed E-state index contributed by atoms with van der Waals surface area (Å²) in [6, 6.07) is 58.9. The van der Waals surface area contributed by atoms with E-state index in [0.717, 1.165) is 55.4 Å². The summed E-state index contributed by atoms with van der Waals surface area (Å²) in [5.74, 6) is 1.30. The second-order valence-electron chi connectivity index (χ2n) is 12.6. The SMILES string of the molecule is c1ccc(C2=NC(c3ccccc3)[N-]C(c3ccc4c(c3)oc3cc(-c5cccc6c7ccccc7n(-c7ccccc7)c56)ccc34)=N2)cc1. The summed E-state index contributed by atoms with van der Waals surface area (Å²) in [4.78, 5) is 9.88. The third-order valence-corrected chi connectivity index (χ3v) is 9.58. The average Bonchev–Trinajstić information content (AvgIpc) is 3.74. The Morgan fingerprint density at radius 1 is 0.520 bits per heavy atom. The Labute approximate surface area is 288 Å². The van der Waals surface area contributed by atoms with Gasteiger partial charge in [-0.2, -0.15) is 0 Å². The number of amidine groups is 2. The Bertz CT molecular complexity index is 2780. The summed E-state index contributed by atoms with van der Waals surface area (Å²) in [6.45, 7) is 0. The van der Waals surface area contributed by atoms with E-state index in [2.05, 4.69) is 126 Å². The first-order valence-electron chi connectivity index (χ1n) is 16.8. The lowest BCUT2D eigenvalue weighted by Crippen LogP contribution is -2.15. The summed E-state index contributed by atoms with van der Waals surface area (Å²) in [5, 5.41) is 9.59. The van der Waals surface area contributed by atoms with Gasteiger partial charge in [0.2, 0.25) is 0 Å². The van der Waals surface area contributed by atoms with Crippen LogP contribution >= 0.6 is 0 Å². The highest BCUT2D eigenvalue weighted by atomic mass is 16.3. The van der Waals surface area contributed by atoms with E-state index in [1.165, 1.54) is 21.8 Å². The molecule has 10 rings (SSSR count). The van der Waals surface area contributed by atoms with Crippen molar-refractivity contribution in [2.24, 2.45) is 9.98 Å². The maximum Gasteiger partial charge on any atom is 0.136 e. The van der Waals surface area contributed by atoms with Crippen molar-refractivity contribution >= 4 is 55.4 Å². The predicted molar refractivity (Wildman–Crippen MR) is 206 cm³/mol. The molecular formula is C45H29N4O-. The number of rotatable bonds is 5. The van der Waals surface area contributed by atoms with E-state index < -0.39 is 0 Å². The molecule has 9 aromatic rings. The van der Waals surface area contributed by atoms with Gasteiger partial charge in [0.1, 0.15) is 11.2 Å². The molecule has 1 atom stereocenters. The number of hydrogen-bond donors (Lipinski definition) is 0. The van der Waals surface area contributed by atoms with E-state index in [1.54, 1.807) is 0 Å². The first-order valence-corrected chi connectivity index (χ1v) is 16.8. The molecule has 0 bridgehead atoms. The molecular weight excluding hydrogens is 613 g/mol. The second-order valence-corrected chi connectivity index (χ2v) is 12.6. The molecule has 50 heavy (non-hydrogen) atoms. The van der Waals surface area contributed by atoms with Gasteiger partial charge in [0.25, 0.3) is 0 Å². The topological polar surface area (TPSA) is 56.9 Å². The molecule has 0 N–H and O–H groups in total. The minimum absolute atomic E-state index is 0.387. The fraction of sp³-hybridized carbons (Fsp3) is 0.0222. The maximum atomic E-state index is 6.62. The lowest BCUT2D eigenvalue weighted by atomic mass is 10.00. The van der Waals surface area contributed by atoms with Crippen LogP contribution in [0, 0.1) is 0 Å². The minimum Gasteiger partial charge on any atom is -0.456 e. The Hall–Kier alpha value is -6.72. The van der Waals surface area contributed by atoms with Gasteiger partial charge < -0.3 is 19.3 Å². The van der Waals surface area contributed by atoms with Crippen molar-refractivity contribution in [3.63, 3.8) is 0 Å². The summed E-state index contributed by atoms with van der Waals surface area (Å²) >= 11 is 0. The quantitative estimate of drug-likeness (QED) is 0.184. The first kappa shape index (κ1) is 28.3. The Kier molecular flexibility index (Phi) is 6.49. The van der Waals surface area contributed by atoms with E-state index >= 15 is 0 Å². The Morgan fingerprint density at radius 2 is 1.16 bits per heavy atom. The van der Waals surface area contributed by atoms with Crippen molar-refractivity contribution in [3.05, 3.63) is 192 Å². The van der Waals surface area contributed by atoms with Crippen LogP contribution in [-0.2, 0) is 0 Å². The van der Waals surface area contributed by atoms with E-state index in [1.807, 2.05) is 48.5 Å². The van der Waals surface area contributed by atoms with E-state index in [9.17, 15) is 0 Å². The highest BCUT2D eigenvalue weighted by Crippen LogP contribution is 2.40. The van der Waals surface area contributed by atoms with Gasteiger partial charge in [0.05, 0.1) is 23.0 Å². The Morgan fingerprint density at radius 3 is 1.94 bits per heavy atom. The van der Waals surface area contributed by atoms with Crippen LogP contribution in [0.15, 0.2) is 184 Å². The zero-order valence-electron chi connectivity index (χ0n) is 26.9. The molecule has 3 heterocycles. The van der Waals surface area contributed by atoms with Crippen LogP contribution in [0.25, 0.3) is 65.9 Å². The molecule has 1 aliphatic rings. The van der Waals surface area contributed by atoms with Gasteiger partial charge in [-0.1, -0.05) is 133 Å². The number of furan rings is 1. The molecule has 0 amide bonds. The van der Waals surface area contributed by atoms with Crippen LogP contribution in [0.4, 0.5) is 0 Å². The fourth-order valence-electron chi connectivity index (χ4n) is 7.24. The molecule has 7 aromatic carbocycles. The molecule has 2 aromatic heterocycles. The number of aromatic nitrogens is 1. The largest absolute Gasteiger partial charge is 0.456 e. The zero-order valence-corrected chi connectivity index (χ0v) is 26.9. The Balaban J connectivity index is 1.09. The van der Waals surface area contributed by atoms with Crippen molar-refractivity contribution in [2.75, 3.05) is 0 Å². The summed E-state index contributed by atoms with van der Waals surface area (Å²) in [6.07, 6.45) is -0.387.